The molecule has 1 amide bonds. The summed E-state index contributed by atoms with van der Waals surface area (Å²) in [5.41, 5.74) is 0. The Bertz CT molecular complexity index is 335. The second-order valence-corrected chi connectivity index (χ2v) is 6.80. The fourth-order valence-electron chi connectivity index (χ4n) is 3.83. The van der Waals surface area contributed by atoms with E-state index < -0.39 is 0 Å². The quantitative estimate of drug-likeness (QED) is 0.836. The molecule has 0 aromatic rings. The summed E-state index contributed by atoms with van der Waals surface area (Å²) in [4.78, 5) is 16.9. The van der Waals surface area contributed by atoms with Gasteiger partial charge in [0.15, 0.2) is 0 Å². The number of aliphatic hydroxyl groups excluding tert-OH is 1. The molecule has 4 heteroatoms. The molecule has 20 heavy (non-hydrogen) atoms. The number of hydrogen-bond acceptors (Lipinski definition) is 3. The van der Waals surface area contributed by atoms with Crippen molar-refractivity contribution in [1.82, 2.24) is 9.80 Å². The van der Waals surface area contributed by atoms with Crippen LogP contribution in [0.1, 0.15) is 51.4 Å². The predicted molar refractivity (Wildman–Crippen MR) is 78.4 cm³/mol. The van der Waals surface area contributed by atoms with Crippen LogP contribution in [0, 0.1) is 5.92 Å². The Morgan fingerprint density at radius 2 is 1.60 bits per heavy atom. The highest BCUT2D eigenvalue weighted by Crippen LogP contribution is 2.30. The molecule has 2 saturated heterocycles. The van der Waals surface area contributed by atoms with Crippen LogP contribution in [0.25, 0.3) is 0 Å². The first-order valence-corrected chi connectivity index (χ1v) is 8.45. The maximum absolute atomic E-state index is 12.2. The van der Waals surface area contributed by atoms with E-state index in [4.69, 9.17) is 0 Å². The fraction of sp³-hybridized carbons (Fsp3) is 0.938. The van der Waals surface area contributed by atoms with Crippen LogP contribution in [0.15, 0.2) is 0 Å². The SMILES string of the molecule is O=C(C1CCC1)N1CCC(N2CCCC(O)CC2)CC1. The minimum Gasteiger partial charge on any atom is -0.393 e. The Kier molecular flexibility index (Phi) is 4.61. The molecule has 3 rings (SSSR count). The molecule has 2 aliphatic heterocycles. The molecule has 2 heterocycles. The molecule has 1 unspecified atom stereocenters. The van der Waals surface area contributed by atoms with Crippen molar-refractivity contribution in [1.29, 1.82) is 0 Å². The number of rotatable bonds is 2. The number of likely N-dealkylation sites (tertiary alicyclic amines) is 2. The highest BCUT2D eigenvalue weighted by atomic mass is 16.3. The molecule has 0 aromatic carbocycles. The van der Waals surface area contributed by atoms with Crippen LogP contribution in [-0.4, -0.2) is 59.1 Å². The average Bonchev–Trinajstić information content (AvgIpc) is 2.62. The Balaban J connectivity index is 1.46. The van der Waals surface area contributed by atoms with E-state index >= 15 is 0 Å². The van der Waals surface area contributed by atoms with Crippen molar-refractivity contribution in [3.8, 4) is 0 Å². The smallest absolute Gasteiger partial charge is 0.225 e. The number of carbonyl (C=O) groups is 1. The van der Waals surface area contributed by atoms with E-state index in [0.717, 1.165) is 71.1 Å². The van der Waals surface area contributed by atoms with Crippen LogP contribution in [0.2, 0.25) is 0 Å². The van der Waals surface area contributed by atoms with Gasteiger partial charge in [-0.2, -0.15) is 0 Å². The fourth-order valence-corrected chi connectivity index (χ4v) is 3.83. The molecule has 0 spiro atoms. The summed E-state index contributed by atoms with van der Waals surface area (Å²) >= 11 is 0. The Hall–Kier alpha value is -0.610. The molecule has 1 aliphatic carbocycles. The van der Waals surface area contributed by atoms with Gasteiger partial charge in [0.25, 0.3) is 0 Å². The normalized spacial score (nSPS) is 30.9. The van der Waals surface area contributed by atoms with E-state index in [9.17, 15) is 9.90 Å². The summed E-state index contributed by atoms with van der Waals surface area (Å²) < 4.78 is 0. The molecule has 3 fully saturated rings. The van der Waals surface area contributed by atoms with Gasteiger partial charge < -0.3 is 14.9 Å². The third kappa shape index (κ3) is 3.17. The zero-order chi connectivity index (χ0) is 13.9. The second-order valence-electron chi connectivity index (χ2n) is 6.80. The van der Waals surface area contributed by atoms with Crippen LogP contribution in [-0.2, 0) is 4.79 Å². The van der Waals surface area contributed by atoms with Crippen molar-refractivity contribution in [2.24, 2.45) is 5.92 Å². The lowest BCUT2D eigenvalue weighted by Gasteiger charge is -2.40. The highest BCUT2D eigenvalue weighted by molar-refractivity contribution is 5.79. The number of carbonyl (C=O) groups excluding carboxylic acids is 1. The standard InChI is InChI=1S/C16H28N2O2/c19-15-5-2-9-17(12-8-15)14-6-10-18(11-7-14)16(20)13-3-1-4-13/h13-15,19H,1-12H2. The molecule has 1 N–H and O–H groups in total. The van der Waals surface area contributed by atoms with E-state index in [0.29, 0.717) is 17.9 Å². The van der Waals surface area contributed by atoms with E-state index in [1.165, 1.54) is 6.42 Å². The van der Waals surface area contributed by atoms with Gasteiger partial charge >= 0.3 is 0 Å². The molecule has 0 aromatic heterocycles. The lowest BCUT2D eigenvalue weighted by Crippen LogP contribution is -2.49. The van der Waals surface area contributed by atoms with Gasteiger partial charge in [-0.1, -0.05) is 6.42 Å². The van der Waals surface area contributed by atoms with Crippen LogP contribution >= 0.6 is 0 Å². The monoisotopic (exact) mass is 280 g/mol. The molecule has 1 atom stereocenters. The number of hydrogen-bond donors (Lipinski definition) is 1. The number of piperidine rings is 1. The maximum Gasteiger partial charge on any atom is 0.225 e. The number of aliphatic hydroxyl groups is 1. The van der Waals surface area contributed by atoms with Crippen molar-refractivity contribution in [3.63, 3.8) is 0 Å². The Morgan fingerprint density at radius 1 is 0.850 bits per heavy atom. The van der Waals surface area contributed by atoms with Crippen molar-refractivity contribution in [3.05, 3.63) is 0 Å². The first-order chi connectivity index (χ1) is 9.74. The highest BCUT2D eigenvalue weighted by Gasteiger charge is 2.33. The largest absolute Gasteiger partial charge is 0.393 e. The lowest BCUT2D eigenvalue weighted by atomic mass is 9.84. The van der Waals surface area contributed by atoms with E-state index in [2.05, 4.69) is 9.80 Å². The van der Waals surface area contributed by atoms with Gasteiger partial charge in [-0.25, -0.2) is 0 Å². The average molecular weight is 280 g/mol. The van der Waals surface area contributed by atoms with Gasteiger partial charge in [-0.05, 0) is 51.5 Å². The summed E-state index contributed by atoms with van der Waals surface area (Å²) in [5, 5.41) is 9.74. The third-order valence-electron chi connectivity index (χ3n) is 5.48. The maximum atomic E-state index is 12.2. The Morgan fingerprint density at radius 3 is 2.25 bits per heavy atom. The van der Waals surface area contributed by atoms with Crippen LogP contribution in [0.5, 0.6) is 0 Å². The number of amides is 1. The molecule has 114 valence electrons. The van der Waals surface area contributed by atoms with Gasteiger partial charge in [0.05, 0.1) is 6.10 Å². The Labute approximate surface area is 122 Å². The molecular weight excluding hydrogens is 252 g/mol. The molecule has 4 nitrogen and oxygen atoms in total. The second kappa shape index (κ2) is 6.44. The zero-order valence-corrected chi connectivity index (χ0v) is 12.5. The van der Waals surface area contributed by atoms with Crippen molar-refractivity contribution in [2.75, 3.05) is 26.2 Å². The summed E-state index contributed by atoms with van der Waals surface area (Å²) in [6, 6.07) is 0.630. The first-order valence-electron chi connectivity index (χ1n) is 8.45. The summed E-state index contributed by atoms with van der Waals surface area (Å²) in [6.45, 7) is 4.04. The topological polar surface area (TPSA) is 43.8 Å². The molecule has 0 radical (unpaired) electrons. The molecule has 3 aliphatic rings. The van der Waals surface area contributed by atoms with Gasteiger partial charge in [0.1, 0.15) is 0 Å². The van der Waals surface area contributed by atoms with E-state index in [1.54, 1.807) is 0 Å². The third-order valence-corrected chi connectivity index (χ3v) is 5.48. The summed E-state index contributed by atoms with van der Waals surface area (Å²) in [7, 11) is 0. The zero-order valence-electron chi connectivity index (χ0n) is 12.5. The van der Waals surface area contributed by atoms with Crippen molar-refractivity contribution >= 4 is 5.91 Å². The van der Waals surface area contributed by atoms with Gasteiger partial charge in [0.2, 0.25) is 5.91 Å². The summed E-state index contributed by atoms with van der Waals surface area (Å²) in [6.07, 6.45) is 8.59. The van der Waals surface area contributed by atoms with E-state index in [-0.39, 0.29) is 6.10 Å². The minimum absolute atomic E-state index is 0.0970. The lowest BCUT2D eigenvalue weighted by molar-refractivity contribution is -0.139. The predicted octanol–water partition coefficient (Wildman–Crippen LogP) is 1.62. The summed E-state index contributed by atoms with van der Waals surface area (Å²) in [5.74, 6) is 0.765. The number of nitrogens with zero attached hydrogens (tertiary/aromatic N) is 2. The molecule has 0 bridgehead atoms. The van der Waals surface area contributed by atoms with Crippen LogP contribution in [0.4, 0.5) is 0 Å². The van der Waals surface area contributed by atoms with Gasteiger partial charge in [-0.3, -0.25) is 4.79 Å². The first kappa shape index (κ1) is 14.3. The van der Waals surface area contributed by atoms with Crippen molar-refractivity contribution in [2.45, 2.75) is 63.5 Å². The van der Waals surface area contributed by atoms with E-state index in [1.807, 2.05) is 0 Å². The minimum atomic E-state index is -0.0970. The van der Waals surface area contributed by atoms with Crippen LogP contribution < -0.4 is 0 Å². The molecule has 1 saturated carbocycles. The molecular formula is C16H28N2O2. The van der Waals surface area contributed by atoms with Gasteiger partial charge in [0, 0.05) is 31.6 Å². The van der Waals surface area contributed by atoms with Crippen LogP contribution in [0.3, 0.4) is 0 Å². The van der Waals surface area contributed by atoms with Crippen molar-refractivity contribution < 1.29 is 9.90 Å². The van der Waals surface area contributed by atoms with Gasteiger partial charge in [-0.15, -0.1) is 0 Å².